The van der Waals surface area contributed by atoms with Gasteiger partial charge in [0.05, 0.1) is 73.0 Å². The molecule has 15 aliphatic rings. The van der Waals surface area contributed by atoms with Crippen molar-refractivity contribution in [2.45, 2.75) is 309 Å². The van der Waals surface area contributed by atoms with E-state index in [0.717, 1.165) is 102 Å². The molecule has 9 aromatic carbocycles. The Morgan fingerprint density at radius 1 is 0.369 bits per heavy atom. The van der Waals surface area contributed by atoms with Crippen LogP contribution in [0.5, 0.6) is 17.2 Å². The second-order valence-corrected chi connectivity index (χ2v) is 51.7. The maximum Gasteiger partial charge on any atom is 0.377 e. The summed E-state index contributed by atoms with van der Waals surface area (Å²) in [6.45, 7) is 21.1. The van der Waals surface area contributed by atoms with E-state index in [4.69, 9.17) is 37.9 Å². The smallest absolute Gasteiger partial charge is 0.377 e. The van der Waals surface area contributed by atoms with Gasteiger partial charge in [-0.3, -0.25) is 28.8 Å². The van der Waals surface area contributed by atoms with E-state index in [2.05, 4.69) is 182 Å². The number of benzene rings is 9. The molecule has 1 saturated heterocycles. The van der Waals surface area contributed by atoms with Crippen molar-refractivity contribution in [1.82, 2.24) is 0 Å². The minimum Gasteiger partial charge on any atom is -0.461 e. The lowest BCUT2D eigenvalue weighted by atomic mass is 9.48. The van der Waals surface area contributed by atoms with Crippen molar-refractivity contribution in [3.63, 3.8) is 0 Å². The molecule has 0 spiro atoms. The van der Waals surface area contributed by atoms with Crippen LogP contribution in [0.1, 0.15) is 218 Å². The molecule has 0 aromatic heterocycles. The van der Waals surface area contributed by atoms with Gasteiger partial charge in [-0.2, -0.15) is 26.3 Å². The molecular formula is C122H139F6O18S3+3. The fourth-order valence-corrected chi connectivity index (χ4v) is 31.2. The number of hydrogen-bond donors (Lipinski definition) is 1. The van der Waals surface area contributed by atoms with Crippen LogP contribution in [0, 0.1) is 98.6 Å². The first-order chi connectivity index (χ1) is 70.6. The Kier molecular flexibility index (Phi) is 33.5. The van der Waals surface area contributed by atoms with Crippen LogP contribution >= 0.6 is 0 Å². The second-order valence-electron chi connectivity index (χ2n) is 45.6. The van der Waals surface area contributed by atoms with E-state index in [-0.39, 0.29) is 86.2 Å². The number of ketones is 1. The molecule has 15 fully saturated rings. The largest absolute Gasteiger partial charge is 0.461 e. The van der Waals surface area contributed by atoms with Crippen molar-refractivity contribution < 1.29 is 112 Å². The number of rotatable bonds is 27. The number of Topliss-reactive ketones (excluding diaryl/α,β-unsaturated/α-hetero) is 1. The van der Waals surface area contributed by atoms with Gasteiger partial charge < -0.3 is 43.0 Å². The van der Waals surface area contributed by atoms with E-state index in [0.29, 0.717) is 99.7 Å². The number of carbonyl (C=O) groups excluding carboxylic acids is 9. The molecule has 149 heavy (non-hydrogen) atoms. The minimum atomic E-state index is -3.65. The van der Waals surface area contributed by atoms with Crippen LogP contribution in [0.15, 0.2) is 299 Å². The Morgan fingerprint density at radius 2 is 0.698 bits per heavy atom. The fraction of sp³-hybridized carbons (Fsp3) is 0.484. The van der Waals surface area contributed by atoms with Gasteiger partial charge in [-0.05, 0) is 364 Å². The van der Waals surface area contributed by atoms with Crippen LogP contribution in [-0.4, -0.2) is 112 Å². The molecule has 0 radical (unpaired) electrons. The summed E-state index contributed by atoms with van der Waals surface area (Å²) in [5.41, 5.74) is -3.67. The Hall–Kier alpha value is -11.0. The van der Waals surface area contributed by atoms with Crippen molar-refractivity contribution >= 4 is 86.2 Å². The van der Waals surface area contributed by atoms with E-state index >= 15 is 0 Å². The number of fused-ring (bicyclic) bond motifs is 1. The van der Waals surface area contributed by atoms with Crippen LogP contribution in [0.2, 0.25) is 0 Å². The highest BCUT2D eigenvalue weighted by Gasteiger charge is 2.72. The summed E-state index contributed by atoms with van der Waals surface area (Å²) in [5.74, 6) is -13.5. The Morgan fingerprint density at radius 3 is 1.02 bits per heavy atom. The molecule has 1 heterocycles. The van der Waals surface area contributed by atoms with Gasteiger partial charge in [0.1, 0.15) is 46.4 Å². The maximum absolute atomic E-state index is 13.5. The third kappa shape index (κ3) is 25.5. The maximum atomic E-state index is 13.5. The molecular weight excluding hydrogens is 1960 g/mol. The molecule has 27 heteroatoms. The van der Waals surface area contributed by atoms with Gasteiger partial charge >= 0.3 is 65.5 Å². The molecule has 792 valence electrons. The Balaban J connectivity index is 0.000000129. The standard InChI is InChI=1S/3C24H25O2S.C23H28F2O6.C14H20F2O3.C13H16F2O3/c3*1-4-24(2,3)23(25)26-19-15-17-22(18-16-19)27(20-11-7-5-8-12-20)21-13-9-6-10-14-21;1-22(11-4-9-3-10(6-11)7-12(22)5-9)31-20(27)16-14-8-13-15(16)19(26)29-17(13)18(14)30-21(28)23(2,24)25;1-12(15,16)11(17)19-8-13-3-9-2-10(4-13)6-14(18,5-9)7-13;1-12(14,15)11(17)18-13-4-7-2-8(5-13)10(16)9(3-7)6-13/h3*5-18H,4H2,1-3H3;9-18H,3-8H2,1-2H3;9-10,18H,2-8H2,1H3;7-9H,2-6H2,1H3/q3*+1;;;. The second kappa shape index (κ2) is 45.1. The first-order valence-corrected chi connectivity index (χ1v) is 56.2. The van der Waals surface area contributed by atoms with Crippen molar-refractivity contribution in [2.24, 2.45) is 98.6 Å². The quantitative estimate of drug-likeness (QED) is 0.0165. The minimum absolute atomic E-state index is 0.0323. The van der Waals surface area contributed by atoms with E-state index in [9.17, 15) is 74.6 Å². The molecule has 14 saturated carbocycles. The number of ether oxygens (including phenoxy) is 8. The number of halogens is 6. The van der Waals surface area contributed by atoms with E-state index < -0.39 is 111 Å². The highest BCUT2D eigenvalue weighted by Crippen LogP contribution is 2.65. The van der Waals surface area contributed by atoms with Crippen molar-refractivity contribution in [2.75, 3.05) is 6.61 Å². The summed E-state index contributed by atoms with van der Waals surface area (Å²) in [4.78, 5) is 120. The summed E-state index contributed by atoms with van der Waals surface area (Å²) >= 11 is 0. The molecule has 18 nitrogen and oxygen atoms in total. The Labute approximate surface area is 879 Å². The zero-order chi connectivity index (χ0) is 107. The zero-order valence-corrected chi connectivity index (χ0v) is 89.6. The van der Waals surface area contributed by atoms with Gasteiger partial charge in [0.15, 0.2) is 44.1 Å². The van der Waals surface area contributed by atoms with E-state index in [1.165, 1.54) is 50.5 Å². The van der Waals surface area contributed by atoms with Gasteiger partial charge in [0.2, 0.25) is 0 Å². The zero-order valence-electron chi connectivity index (χ0n) is 87.1. The fourth-order valence-electron chi connectivity index (χ4n) is 24.9. The van der Waals surface area contributed by atoms with Gasteiger partial charge in [0.25, 0.3) is 0 Å². The van der Waals surface area contributed by atoms with Gasteiger partial charge in [-0.25, -0.2) is 14.4 Å². The van der Waals surface area contributed by atoms with Crippen LogP contribution < -0.4 is 14.2 Å². The first-order valence-electron chi connectivity index (χ1n) is 52.5. The molecule has 14 aliphatic carbocycles. The summed E-state index contributed by atoms with van der Waals surface area (Å²) in [6, 6.07) is 86.7. The number of aliphatic hydroxyl groups is 1. The Bertz CT molecular complexity index is 5640. The van der Waals surface area contributed by atoms with Gasteiger partial charge in [-0.15, -0.1) is 0 Å². The third-order valence-corrected chi connectivity index (χ3v) is 39.8. The highest BCUT2D eigenvalue weighted by atomic mass is 32.2. The summed E-state index contributed by atoms with van der Waals surface area (Å²) in [6.07, 6.45) is 14.9. The number of esters is 8. The lowest BCUT2D eigenvalue weighted by molar-refractivity contribution is -0.212. The van der Waals surface area contributed by atoms with Gasteiger partial charge in [0, 0.05) is 49.9 Å². The molecule has 1 aliphatic heterocycles. The van der Waals surface area contributed by atoms with E-state index in [1.807, 2.05) is 142 Å². The summed E-state index contributed by atoms with van der Waals surface area (Å²) in [7, 11) is -0.584. The average molecular weight is 2100 g/mol. The summed E-state index contributed by atoms with van der Waals surface area (Å²) < 4.78 is 122. The van der Waals surface area contributed by atoms with Crippen molar-refractivity contribution in [3.8, 4) is 17.2 Å². The third-order valence-electron chi connectivity index (χ3n) is 33.1. The van der Waals surface area contributed by atoms with Gasteiger partial charge in [-0.1, -0.05) is 130 Å². The highest BCUT2D eigenvalue weighted by molar-refractivity contribution is 7.97. The number of alkyl halides is 6. The first kappa shape index (κ1) is 111. The molecule has 1 N–H and O–H groups in total. The lowest BCUT2D eigenvalue weighted by Gasteiger charge is -2.59. The normalized spacial score (nSPS) is 27.6. The van der Waals surface area contributed by atoms with E-state index in [1.54, 1.807) is 0 Å². The molecule has 10 unspecified atom stereocenters. The molecule has 24 rings (SSSR count). The molecule has 14 bridgehead atoms. The van der Waals surface area contributed by atoms with Crippen molar-refractivity contribution in [1.29, 1.82) is 0 Å². The summed E-state index contributed by atoms with van der Waals surface area (Å²) in [5, 5.41) is 10.5. The number of carbonyl (C=O) groups is 9. The molecule has 10 atom stereocenters. The predicted molar refractivity (Wildman–Crippen MR) is 556 cm³/mol. The number of hydrogen-bond acceptors (Lipinski definition) is 18. The predicted octanol–water partition coefficient (Wildman–Crippen LogP) is 26.3. The van der Waals surface area contributed by atoms with Crippen LogP contribution in [0.4, 0.5) is 26.3 Å². The monoisotopic (exact) mass is 2100 g/mol. The topological polar surface area (TPSA) is 248 Å². The van der Waals surface area contributed by atoms with Crippen LogP contribution in [-0.2, 0) is 99.5 Å². The van der Waals surface area contributed by atoms with Crippen molar-refractivity contribution in [3.05, 3.63) is 255 Å². The SMILES string of the molecule is CC(F)(F)C(=O)OC12CC3CC(C1)C(=O)C(C3)C2.CC(F)(F)C(=O)OC1C2CC3C1OC(=O)C3C2C(=O)OC1(C)C2CC3CC(C2)CC1C3.CC(F)(F)C(=O)OCC12CC3CC(CC(O)(C3)C1)C2.CCC(C)(C)C(=O)Oc1ccc([S+](c2ccccc2)c2ccccc2)cc1.CCC(C)(C)C(=O)Oc1ccc([S+](c2ccccc2)c2ccccc2)cc1.CCC(C)(C)C(=O)Oc1ccc([S+](c2ccccc2)c2ccccc2)cc1. The van der Waals surface area contributed by atoms with Crippen LogP contribution in [0.25, 0.3) is 0 Å². The average Bonchev–Trinajstić information content (AvgIpc) is 1.56. The van der Waals surface area contributed by atoms with Crippen LogP contribution in [0.3, 0.4) is 0 Å². The molecule has 9 aromatic rings. The molecule has 0 amide bonds. The lowest BCUT2D eigenvalue weighted by Crippen LogP contribution is -2.59.